The van der Waals surface area contributed by atoms with E-state index in [4.69, 9.17) is 9.47 Å². The van der Waals surface area contributed by atoms with Gasteiger partial charge in [-0.3, -0.25) is 4.79 Å². The number of hydrogen-bond acceptors (Lipinski definition) is 6. The van der Waals surface area contributed by atoms with Gasteiger partial charge in [-0.2, -0.15) is 0 Å². The summed E-state index contributed by atoms with van der Waals surface area (Å²) in [6.45, 7) is 2.05. The second-order valence-corrected chi connectivity index (χ2v) is 7.26. The molecule has 0 saturated carbocycles. The maximum atomic E-state index is 12.4. The number of esters is 1. The number of benzene rings is 1. The summed E-state index contributed by atoms with van der Waals surface area (Å²) in [6, 6.07) is 5.72. The second-order valence-electron chi connectivity index (χ2n) is 6.16. The summed E-state index contributed by atoms with van der Waals surface area (Å²) in [5, 5.41) is 6.50. The van der Waals surface area contributed by atoms with Crippen molar-refractivity contribution < 1.29 is 19.1 Å². The van der Waals surface area contributed by atoms with Crippen molar-refractivity contribution in [2.24, 2.45) is 0 Å². The lowest BCUT2D eigenvalue weighted by Crippen LogP contribution is -2.22. The molecule has 0 saturated heterocycles. The number of rotatable bonds is 6. The largest absolute Gasteiger partial charge is 0.495 e. The normalized spacial score (nSPS) is 12.4. The molecule has 3 rings (SSSR count). The van der Waals surface area contributed by atoms with Crippen molar-refractivity contribution >= 4 is 33.9 Å². The molecule has 1 aliphatic carbocycles. The average molecular weight is 374 g/mol. The summed E-state index contributed by atoms with van der Waals surface area (Å²) in [5.74, 6) is 0.0636. The third kappa shape index (κ3) is 3.67. The first kappa shape index (κ1) is 18.3. The third-order valence-corrected chi connectivity index (χ3v) is 5.57. The molecule has 0 spiro atoms. The summed E-state index contributed by atoms with van der Waals surface area (Å²) in [7, 11) is 2.95. The van der Waals surface area contributed by atoms with Crippen LogP contribution in [-0.2, 0) is 22.4 Å². The van der Waals surface area contributed by atoms with Gasteiger partial charge in [-0.25, -0.2) is 4.79 Å². The zero-order chi connectivity index (χ0) is 18.7. The Labute approximate surface area is 156 Å². The molecule has 2 N–H and O–H groups in total. The molecule has 1 aliphatic rings. The van der Waals surface area contributed by atoms with E-state index in [1.54, 1.807) is 7.11 Å². The maximum Gasteiger partial charge on any atom is 0.341 e. The number of aryl methyl sites for hydroxylation is 2. The highest BCUT2D eigenvalue weighted by Gasteiger charge is 2.27. The molecule has 0 fully saturated rings. The Morgan fingerprint density at radius 2 is 2.04 bits per heavy atom. The second kappa shape index (κ2) is 7.78. The van der Waals surface area contributed by atoms with Gasteiger partial charge < -0.3 is 20.1 Å². The van der Waals surface area contributed by atoms with Crippen molar-refractivity contribution in [2.45, 2.75) is 26.2 Å². The number of ether oxygens (including phenoxy) is 2. The van der Waals surface area contributed by atoms with E-state index in [1.165, 1.54) is 18.4 Å². The van der Waals surface area contributed by atoms with Gasteiger partial charge in [0.15, 0.2) is 0 Å². The van der Waals surface area contributed by atoms with Crippen LogP contribution in [0.1, 0.15) is 32.8 Å². The number of fused-ring (bicyclic) bond motifs is 1. The van der Waals surface area contributed by atoms with Crippen molar-refractivity contribution in [2.75, 3.05) is 31.4 Å². The van der Waals surface area contributed by atoms with Gasteiger partial charge in [0.05, 0.1) is 32.0 Å². The number of nitrogens with one attached hydrogen (secondary N) is 2. The molecule has 0 bridgehead atoms. The van der Waals surface area contributed by atoms with Gasteiger partial charge in [0.2, 0.25) is 5.91 Å². The lowest BCUT2D eigenvalue weighted by molar-refractivity contribution is -0.114. The topological polar surface area (TPSA) is 76.7 Å². The lowest BCUT2D eigenvalue weighted by Gasteiger charge is -2.12. The molecule has 26 heavy (non-hydrogen) atoms. The highest BCUT2D eigenvalue weighted by Crippen LogP contribution is 2.39. The number of carbonyl (C=O) groups excluding carboxylic acids is 2. The molecule has 7 heteroatoms. The van der Waals surface area contributed by atoms with Crippen LogP contribution in [0.25, 0.3) is 0 Å². The maximum absolute atomic E-state index is 12.4. The molecule has 1 amide bonds. The van der Waals surface area contributed by atoms with Crippen molar-refractivity contribution in [3.05, 3.63) is 39.8 Å². The number of amides is 1. The first-order valence-electron chi connectivity index (χ1n) is 8.44. The molecule has 1 aromatic heterocycles. The van der Waals surface area contributed by atoms with E-state index in [1.807, 2.05) is 25.1 Å². The van der Waals surface area contributed by atoms with Crippen LogP contribution >= 0.6 is 11.3 Å². The molecular formula is C19H22N2O4S. The summed E-state index contributed by atoms with van der Waals surface area (Å²) >= 11 is 1.47. The summed E-state index contributed by atoms with van der Waals surface area (Å²) in [5.41, 5.74) is 3.35. The van der Waals surface area contributed by atoms with Gasteiger partial charge in [0.25, 0.3) is 0 Å². The SMILES string of the molecule is COC(=O)c1c(NC(=O)CNc2ccc(C)cc2OC)sc2c1CCC2. The Morgan fingerprint density at radius 1 is 1.23 bits per heavy atom. The molecule has 0 radical (unpaired) electrons. The number of thiophene rings is 1. The van der Waals surface area contributed by atoms with Crippen LogP contribution in [0.5, 0.6) is 5.75 Å². The number of hydrogen-bond donors (Lipinski definition) is 2. The fourth-order valence-corrected chi connectivity index (χ4v) is 4.39. The molecule has 1 aromatic carbocycles. The molecule has 2 aromatic rings. The summed E-state index contributed by atoms with van der Waals surface area (Å²) in [6.07, 6.45) is 2.83. The van der Waals surface area contributed by atoms with E-state index in [0.717, 1.165) is 41.0 Å². The fourth-order valence-electron chi connectivity index (χ4n) is 3.10. The lowest BCUT2D eigenvalue weighted by atomic mass is 10.1. The van der Waals surface area contributed by atoms with Crippen LogP contribution in [0, 0.1) is 6.92 Å². The fraction of sp³-hybridized carbons (Fsp3) is 0.368. The summed E-state index contributed by atoms with van der Waals surface area (Å²) in [4.78, 5) is 25.7. The number of anilines is 2. The highest BCUT2D eigenvalue weighted by atomic mass is 32.1. The Bertz CT molecular complexity index is 844. The van der Waals surface area contributed by atoms with Crippen LogP contribution in [0.2, 0.25) is 0 Å². The quantitative estimate of drug-likeness (QED) is 0.758. The van der Waals surface area contributed by atoms with Crippen molar-refractivity contribution in [1.29, 1.82) is 0 Å². The van der Waals surface area contributed by atoms with Crippen molar-refractivity contribution in [1.82, 2.24) is 0 Å². The first-order chi connectivity index (χ1) is 12.5. The number of methoxy groups -OCH3 is 2. The predicted molar refractivity (Wildman–Crippen MR) is 103 cm³/mol. The van der Waals surface area contributed by atoms with Gasteiger partial charge in [-0.15, -0.1) is 11.3 Å². The number of carbonyl (C=O) groups is 2. The van der Waals surface area contributed by atoms with E-state index < -0.39 is 5.97 Å². The van der Waals surface area contributed by atoms with Gasteiger partial charge in [0.1, 0.15) is 10.8 Å². The molecule has 1 heterocycles. The monoisotopic (exact) mass is 374 g/mol. The van der Waals surface area contributed by atoms with Crippen molar-refractivity contribution in [3.8, 4) is 5.75 Å². The van der Waals surface area contributed by atoms with E-state index in [2.05, 4.69) is 10.6 Å². The highest BCUT2D eigenvalue weighted by molar-refractivity contribution is 7.17. The van der Waals surface area contributed by atoms with Crippen LogP contribution in [0.3, 0.4) is 0 Å². The third-order valence-electron chi connectivity index (χ3n) is 4.36. The average Bonchev–Trinajstić information content (AvgIpc) is 3.20. The Kier molecular flexibility index (Phi) is 5.46. The summed E-state index contributed by atoms with van der Waals surface area (Å²) < 4.78 is 10.2. The Morgan fingerprint density at radius 3 is 2.77 bits per heavy atom. The predicted octanol–water partition coefficient (Wildman–Crippen LogP) is 3.39. The molecule has 0 atom stereocenters. The van der Waals surface area contributed by atoms with E-state index in [9.17, 15) is 9.59 Å². The standard InChI is InChI=1S/C19H22N2O4S/c1-11-7-8-13(14(9-11)24-2)20-10-16(22)21-18-17(19(23)25-3)12-5-4-6-15(12)26-18/h7-9,20H,4-6,10H2,1-3H3,(H,21,22). The van der Waals surface area contributed by atoms with Crippen LogP contribution in [0.4, 0.5) is 10.7 Å². The van der Waals surface area contributed by atoms with Gasteiger partial charge in [-0.05, 0) is 49.4 Å². The van der Waals surface area contributed by atoms with E-state index in [-0.39, 0.29) is 12.5 Å². The van der Waals surface area contributed by atoms with Gasteiger partial charge in [-0.1, -0.05) is 6.07 Å². The molecular weight excluding hydrogens is 352 g/mol. The van der Waals surface area contributed by atoms with Gasteiger partial charge in [0, 0.05) is 4.88 Å². The zero-order valence-electron chi connectivity index (χ0n) is 15.1. The molecule has 0 unspecified atom stereocenters. The zero-order valence-corrected chi connectivity index (χ0v) is 15.9. The van der Waals surface area contributed by atoms with Crippen LogP contribution in [0.15, 0.2) is 18.2 Å². The smallest absolute Gasteiger partial charge is 0.341 e. The van der Waals surface area contributed by atoms with E-state index >= 15 is 0 Å². The Balaban J connectivity index is 1.70. The minimum atomic E-state index is -0.395. The van der Waals surface area contributed by atoms with Crippen LogP contribution < -0.4 is 15.4 Å². The first-order valence-corrected chi connectivity index (χ1v) is 9.26. The molecule has 6 nitrogen and oxygen atoms in total. The minimum absolute atomic E-state index is 0.0720. The van der Waals surface area contributed by atoms with Crippen molar-refractivity contribution in [3.63, 3.8) is 0 Å². The Hall–Kier alpha value is -2.54. The van der Waals surface area contributed by atoms with E-state index in [0.29, 0.717) is 16.3 Å². The van der Waals surface area contributed by atoms with Crippen LogP contribution in [-0.4, -0.2) is 32.6 Å². The minimum Gasteiger partial charge on any atom is -0.495 e. The van der Waals surface area contributed by atoms with Gasteiger partial charge >= 0.3 is 5.97 Å². The molecule has 0 aliphatic heterocycles. The molecule has 138 valence electrons.